The van der Waals surface area contributed by atoms with E-state index in [0.29, 0.717) is 13.0 Å². The Bertz CT molecular complexity index is 530. The predicted octanol–water partition coefficient (Wildman–Crippen LogP) is 3.97. The maximum Gasteiger partial charge on any atom is 0.230 e. The summed E-state index contributed by atoms with van der Waals surface area (Å²) in [5.74, 6) is 0.551. The van der Waals surface area contributed by atoms with Crippen LogP contribution in [0, 0.1) is 5.92 Å². The molecule has 0 bridgehead atoms. The molecular formula is C18H23NO2. The van der Waals surface area contributed by atoms with Gasteiger partial charge >= 0.3 is 0 Å². The molecule has 3 heteroatoms. The standard InChI is InChI=1S/C18H23NO2/c20-17-12-7-13-19(16-11-6-5-10-15(16)17)18(21)14-8-3-1-2-4-9-14/h5-6,10-11,14H,1-4,7-9,12-13H2. The van der Waals surface area contributed by atoms with Gasteiger partial charge in [-0.25, -0.2) is 0 Å². The van der Waals surface area contributed by atoms with Crippen LogP contribution in [0.1, 0.15) is 61.7 Å². The first-order chi connectivity index (χ1) is 10.3. The van der Waals surface area contributed by atoms with Gasteiger partial charge in [-0.2, -0.15) is 0 Å². The SMILES string of the molecule is O=C1CCCN(C(=O)C2CCCCCC2)c2ccccc21. The number of carbonyl (C=O) groups is 2. The number of rotatable bonds is 1. The van der Waals surface area contributed by atoms with Gasteiger partial charge in [0.25, 0.3) is 0 Å². The fourth-order valence-corrected chi connectivity index (χ4v) is 3.57. The topological polar surface area (TPSA) is 37.4 Å². The zero-order valence-electron chi connectivity index (χ0n) is 12.5. The zero-order valence-corrected chi connectivity index (χ0v) is 12.5. The Balaban J connectivity index is 1.88. The van der Waals surface area contributed by atoms with E-state index in [2.05, 4.69) is 0 Å². The van der Waals surface area contributed by atoms with E-state index in [9.17, 15) is 9.59 Å². The molecule has 1 aliphatic carbocycles. The summed E-state index contributed by atoms with van der Waals surface area (Å²) in [6.45, 7) is 0.679. The van der Waals surface area contributed by atoms with Crippen molar-refractivity contribution in [3.63, 3.8) is 0 Å². The van der Waals surface area contributed by atoms with Gasteiger partial charge < -0.3 is 4.90 Å². The normalized spacial score (nSPS) is 20.6. The lowest BCUT2D eigenvalue weighted by Gasteiger charge is -2.26. The largest absolute Gasteiger partial charge is 0.311 e. The van der Waals surface area contributed by atoms with Crippen LogP contribution >= 0.6 is 0 Å². The predicted molar refractivity (Wildman–Crippen MR) is 83.6 cm³/mol. The molecule has 21 heavy (non-hydrogen) atoms. The van der Waals surface area contributed by atoms with Crippen molar-refractivity contribution in [3.8, 4) is 0 Å². The molecule has 3 rings (SSSR count). The lowest BCUT2D eigenvalue weighted by molar-refractivity contribution is -0.122. The number of nitrogens with zero attached hydrogens (tertiary/aromatic N) is 1. The first-order valence-corrected chi connectivity index (χ1v) is 8.21. The first-order valence-electron chi connectivity index (χ1n) is 8.21. The van der Waals surface area contributed by atoms with Crippen molar-refractivity contribution in [2.24, 2.45) is 5.92 Å². The number of anilines is 1. The van der Waals surface area contributed by atoms with Gasteiger partial charge in [0.05, 0.1) is 5.69 Å². The average molecular weight is 285 g/mol. The molecule has 1 amide bonds. The number of carbonyl (C=O) groups excluding carboxylic acids is 2. The monoisotopic (exact) mass is 285 g/mol. The van der Waals surface area contributed by atoms with Gasteiger partial charge in [0, 0.05) is 24.4 Å². The maximum atomic E-state index is 12.9. The van der Waals surface area contributed by atoms with Crippen LogP contribution in [-0.4, -0.2) is 18.2 Å². The van der Waals surface area contributed by atoms with Crippen LogP contribution < -0.4 is 4.90 Å². The molecule has 0 radical (unpaired) electrons. The van der Waals surface area contributed by atoms with Gasteiger partial charge in [-0.05, 0) is 31.4 Å². The molecule has 1 aliphatic heterocycles. The van der Waals surface area contributed by atoms with E-state index in [1.807, 2.05) is 29.2 Å². The Kier molecular flexibility index (Phi) is 4.37. The zero-order chi connectivity index (χ0) is 14.7. The lowest BCUT2D eigenvalue weighted by Crippen LogP contribution is -2.36. The molecule has 0 unspecified atom stereocenters. The van der Waals surface area contributed by atoms with Gasteiger partial charge in [0.2, 0.25) is 5.91 Å². The molecular weight excluding hydrogens is 262 g/mol. The Hall–Kier alpha value is -1.64. The minimum atomic E-state index is 0.147. The van der Waals surface area contributed by atoms with Crippen LogP contribution in [0.4, 0.5) is 5.69 Å². The van der Waals surface area contributed by atoms with E-state index >= 15 is 0 Å². The Morgan fingerprint density at radius 1 is 1.00 bits per heavy atom. The highest BCUT2D eigenvalue weighted by molar-refractivity contribution is 6.07. The highest BCUT2D eigenvalue weighted by atomic mass is 16.2. The summed E-state index contributed by atoms with van der Waals surface area (Å²) in [6, 6.07) is 7.59. The number of para-hydroxylation sites is 1. The summed E-state index contributed by atoms with van der Waals surface area (Å²) in [7, 11) is 0. The average Bonchev–Trinajstić information content (AvgIpc) is 2.87. The summed E-state index contributed by atoms with van der Waals surface area (Å²) < 4.78 is 0. The molecule has 0 saturated heterocycles. The van der Waals surface area contributed by atoms with Gasteiger partial charge in [-0.3, -0.25) is 9.59 Å². The first kappa shape index (κ1) is 14.3. The summed E-state index contributed by atoms with van der Waals surface area (Å²) in [4.78, 5) is 27.0. The fourth-order valence-electron chi connectivity index (χ4n) is 3.57. The van der Waals surface area contributed by atoms with Crippen LogP contribution in [0.2, 0.25) is 0 Å². The third-order valence-corrected chi connectivity index (χ3v) is 4.75. The molecule has 0 spiro atoms. The van der Waals surface area contributed by atoms with Crippen molar-refractivity contribution >= 4 is 17.4 Å². The van der Waals surface area contributed by atoms with E-state index in [-0.39, 0.29) is 17.6 Å². The van der Waals surface area contributed by atoms with E-state index in [0.717, 1.165) is 43.4 Å². The number of amides is 1. The molecule has 0 aromatic heterocycles. The van der Waals surface area contributed by atoms with Crippen LogP contribution in [0.5, 0.6) is 0 Å². The minimum absolute atomic E-state index is 0.147. The van der Waals surface area contributed by atoms with E-state index in [1.165, 1.54) is 12.8 Å². The quantitative estimate of drug-likeness (QED) is 0.732. The Labute approximate surface area is 126 Å². The van der Waals surface area contributed by atoms with Crippen molar-refractivity contribution in [1.29, 1.82) is 0 Å². The van der Waals surface area contributed by atoms with Crippen LogP contribution in [-0.2, 0) is 4.79 Å². The van der Waals surface area contributed by atoms with Gasteiger partial charge in [0.15, 0.2) is 5.78 Å². The summed E-state index contributed by atoms with van der Waals surface area (Å²) in [5, 5.41) is 0. The second-order valence-electron chi connectivity index (χ2n) is 6.22. The molecule has 1 saturated carbocycles. The lowest BCUT2D eigenvalue weighted by atomic mass is 9.98. The van der Waals surface area contributed by atoms with Gasteiger partial charge in [-0.1, -0.05) is 37.8 Å². The second kappa shape index (κ2) is 6.42. The van der Waals surface area contributed by atoms with Crippen LogP contribution in [0.3, 0.4) is 0 Å². The number of Topliss-reactive ketones (excluding diaryl/α,β-unsaturated/α-hetero) is 1. The summed E-state index contributed by atoms with van der Waals surface area (Å²) >= 11 is 0. The highest BCUT2D eigenvalue weighted by Gasteiger charge is 2.29. The Morgan fingerprint density at radius 2 is 1.71 bits per heavy atom. The molecule has 3 nitrogen and oxygen atoms in total. The van der Waals surface area contributed by atoms with Crippen LogP contribution in [0.15, 0.2) is 24.3 Å². The van der Waals surface area contributed by atoms with E-state index in [1.54, 1.807) is 0 Å². The molecule has 1 aromatic rings. The fraction of sp³-hybridized carbons (Fsp3) is 0.556. The van der Waals surface area contributed by atoms with Crippen molar-refractivity contribution in [3.05, 3.63) is 29.8 Å². The smallest absolute Gasteiger partial charge is 0.230 e. The third-order valence-electron chi connectivity index (χ3n) is 4.75. The van der Waals surface area contributed by atoms with Crippen molar-refractivity contribution in [1.82, 2.24) is 0 Å². The molecule has 112 valence electrons. The summed E-state index contributed by atoms with van der Waals surface area (Å²) in [5.41, 5.74) is 1.55. The van der Waals surface area contributed by atoms with E-state index in [4.69, 9.17) is 0 Å². The second-order valence-corrected chi connectivity index (χ2v) is 6.22. The minimum Gasteiger partial charge on any atom is -0.311 e. The molecule has 0 N–H and O–H groups in total. The molecule has 1 fully saturated rings. The highest BCUT2D eigenvalue weighted by Crippen LogP contribution is 2.31. The maximum absolute atomic E-state index is 12.9. The van der Waals surface area contributed by atoms with Crippen molar-refractivity contribution < 1.29 is 9.59 Å². The number of hydrogen-bond donors (Lipinski definition) is 0. The molecule has 0 atom stereocenters. The molecule has 1 heterocycles. The van der Waals surface area contributed by atoms with Gasteiger partial charge in [0.1, 0.15) is 0 Å². The Morgan fingerprint density at radius 3 is 2.48 bits per heavy atom. The third kappa shape index (κ3) is 3.02. The number of fused-ring (bicyclic) bond motifs is 1. The molecule has 1 aromatic carbocycles. The van der Waals surface area contributed by atoms with Crippen LogP contribution in [0.25, 0.3) is 0 Å². The number of hydrogen-bond acceptors (Lipinski definition) is 2. The van der Waals surface area contributed by atoms with E-state index < -0.39 is 0 Å². The number of benzene rings is 1. The van der Waals surface area contributed by atoms with Crippen molar-refractivity contribution in [2.45, 2.75) is 51.4 Å². The van der Waals surface area contributed by atoms with Crippen molar-refractivity contribution in [2.75, 3.05) is 11.4 Å². The van der Waals surface area contributed by atoms with Gasteiger partial charge in [-0.15, -0.1) is 0 Å². The number of ketones is 1. The summed E-state index contributed by atoms with van der Waals surface area (Å²) in [6.07, 6.45) is 8.14. The molecule has 2 aliphatic rings.